The van der Waals surface area contributed by atoms with E-state index in [1.165, 1.54) is 10.8 Å². The molecule has 4 rings (SSSR count). The molecule has 1 nitrogen and oxygen atoms in total. The number of carbonyl (C=O) groups is 1. The zero-order valence-corrected chi connectivity index (χ0v) is 13.3. The van der Waals surface area contributed by atoms with Crippen molar-refractivity contribution in [1.29, 1.82) is 0 Å². The van der Waals surface area contributed by atoms with Crippen molar-refractivity contribution in [3.8, 4) is 0 Å². The highest BCUT2D eigenvalue weighted by atomic mass is 16.1. The quantitative estimate of drug-likeness (QED) is 0.430. The molecule has 0 radical (unpaired) electrons. The van der Waals surface area contributed by atoms with Gasteiger partial charge in [0.25, 0.3) is 0 Å². The Kier molecular flexibility index (Phi) is 5.16. The van der Waals surface area contributed by atoms with Crippen molar-refractivity contribution in [2.45, 2.75) is 0 Å². The Bertz CT molecular complexity index is 805. The van der Waals surface area contributed by atoms with Crippen molar-refractivity contribution < 1.29 is 4.79 Å². The van der Waals surface area contributed by atoms with Gasteiger partial charge in [-0.25, -0.2) is 0 Å². The van der Waals surface area contributed by atoms with E-state index >= 15 is 0 Å². The van der Waals surface area contributed by atoms with Gasteiger partial charge in [0.1, 0.15) is 0 Å². The van der Waals surface area contributed by atoms with E-state index in [1.807, 2.05) is 60.7 Å². The Morgan fingerprint density at radius 3 is 1.04 bits per heavy atom. The fourth-order valence-electron chi connectivity index (χ4n) is 2.48. The van der Waals surface area contributed by atoms with Gasteiger partial charge in [0, 0.05) is 11.1 Å². The first kappa shape index (κ1) is 15.7. The van der Waals surface area contributed by atoms with Gasteiger partial charge in [-0.2, -0.15) is 0 Å². The van der Waals surface area contributed by atoms with Crippen LogP contribution in [-0.4, -0.2) is 5.78 Å². The minimum atomic E-state index is 0.0752. The molecule has 0 amide bonds. The standard InChI is InChI=1S/C13H10O.C10H8/c14-13(11-7-3-1-4-8-11)12-9-5-2-6-10-12;1-2-6-10-8-4-3-7-9(10)5-1/h1-10H;1-8H. The number of rotatable bonds is 2. The van der Waals surface area contributed by atoms with Crippen LogP contribution in [0, 0.1) is 0 Å². The first-order chi connectivity index (χ1) is 11.8. The number of hydrogen-bond acceptors (Lipinski definition) is 1. The van der Waals surface area contributed by atoms with Gasteiger partial charge in [0.2, 0.25) is 0 Å². The summed E-state index contributed by atoms with van der Waals surface area (Å²) in [5.41, 5.74) is 1.47. The Labute approximate surface area is 142 Å². The van der Waals surface area contributed by atoms with E-state index in [2.05, 4.69) is 48.5 Å². The minimum Gasteiger partial charge on any atom is -0.289 e. The molecule has 24 heavy (non-hydrogen) atoms. The van der Waals surface area contributed by atoms with Crippen molar-refractivity contribution in [1.82, 2.24) is 0 Å². The van der Waals surface area contributed by atoms with E-state index in [-0.39, 0.29) is 5.78 Å². The van der Waals surface area contributed by atoms with Crippen LogP contribution in [-0.2, 0) is 0 Å². The fourth-order valence-corrected chi connectivity index (χ4v) is 2.48. The number of ketones is 1. The lowest BCUT2D eigenvalue weighted by Crippen LogP contribution is -1.99. The number of carbonyl (C=O) groups excluding carboxylic acids is 1. The summed E-state index contributed by atoms with van der Waals surface area (Å²) in [5.74, 6) is 0.0752. The number of fused-ring (bicyclic) bond motifs is 1. The summed E-state index contributed by atoms with van der Waals surface area (Å²) < 4.78 is 0. The summed E-state index contributed by atoms with van der Waals surface area (Å²) >= 11 is 0. The molecule has 0 aliphatic heterocycles. The normalized spacial score (nSPS) is 9.83. The van der Waals surface area contributed by atoms with Gasteiger partial charge in [-0.3, -0.25) is 4.79 Å². The van der Waals surface area contributed by atoms with Gasteiger partial charge >= 0.3 is 0 Å². The van der Waals surface area contributed by atoms with Crippen LogP contribution in [0.15, 0.2) is 109 Å². The Morgan fingerprint density at radius 2 is 0.708 bits per heavy atom. The average Bonchev–Trinajstić information content (AvgIpc) is 2.69. The lowest BCUT2D eigenvalue weighted by atomic mass is 10.0. The van der Waals surface area contributed by atoms with Gasteiger partial charge in [-0.05, 0) is 10.8 Å². The summed E-state index contributed by atoms with van der Waals surface area (Å²) in [6, 6.07) is 35.3. The van der Waals surface area contributed by atoms with Crippen molar-refractivity contribution >= 4 is 16.6 Å². The Morgan fingerprint density at radius 1 is 0.417 bits per heavy atom. The van der Waals surface area contributed by atoms with Gasteiger partial charge in [-0.15, -0.1) is 0 Å². The molecule has 0 saturated carbocycles. The van der Waals surface area contributed by atoms with Crippen LogP contribution >= 0.6 is 0 Å². The van der Waals surface area contributed by atoms with E-state index in [0.29, 0.717) is 0 Å². The highest BCUT2D eigenvalue weighted by Crippen LogP contribution is 2.11. The van der Waals surface area contributed by atoms with Crippen molar-refractivity contribution in [3.63, 3.8) is 0 Å². The molecule has 0 saturated heterocycles. The summed E-state index contributed by atoms with van der Waals surface area (Å²) in [4.78, 5) is 11.8. The zero-order valence-electron chi connectivity index (χ0n) is 13.3. The summed E-state index contributed by atoms with van der Waals surface area (Å²) in [5, 5.41) is 2.62. The molecule has 0 fully saturated rings. The SMILES string of the molecule is O=C(c1ccccc1)c1ccccc1.c1ccc2ccccc2c1. The smallest absolute Gasteiger partial charge is 0.193 e. The third-order valence-corrected chi connectivity index (χ3v) is 3.73. The van der Waals surface area contributed by atoms with Crippen LogP contribution in [0.5, 0.6) is 0 Å². The first-order valence-electron chi connectivity index (χ1n) is 7.93. The van der Waals surface area contributed by atoms with E-state index in [0.717, 1.165) is 11.1 Å². The van der Waals surface area contributed by atoms with Crippen LogP contribution in [0.4, 0.5) is 0 Å². The minimum absolute atomic E-state index is 0.0752. The molecule has 0 atom stereocenters. The molecule has 4 aromatic carbocycles. The second-order valence-electron chi connectivity index (χ2n) is 5.41. The topological polar surface area (TPSA) is 17.1 Å². The maximum Gasteiger partial charge on any atom is 0.193 e. The van der Waals surface area contributed by atoms with Crippen LogP contribution in [0.25, 0.3) is 10.8 Å². The lowest BCUT2D eigenvalue weighted by molar-refractivity contribution is 0.103. The second-order valence-corrected chi connectivity index (χ2v) is 5.41. The third-order valence-electron chi connectivity index (χ3n) is 3.73. The Balaban J connectivity index is 0.000000149. The summed E-state index contributed by atoms with van der Waals surface area (Å²) in [7, 11) is 0. The second kappa shape index (κ2) is 7.89. The van der Waals surface area contributed by atoms with Crippen molar-refractivity contribution in [2.75, 3.05) is 0 Å². The maximum atomic E-state index is 11.8. The number of benzene rings is 4. The monoisotopic (exact) mass is 310 g/mol. The molecule has 0 spiro atoms. The number of hydrogen-bond donors (Lipinski definition) is 0. The molecule has 0 unspecified atom stereocenters. The van der Waals surface area contributed by atoms with Crippen LogP contribution in [0.3, 0.4) is 0 Å². The van der Waals surface area contributed by atoms with Crippen LogP contribution < -0.4 is 0 Å². The van der Waals surface area contributed by atoms with E-state index in [4.69, 9.17) is 0 Å². The molecule has 0 N–H and O–H groups in total. The van der Waals surface area contributed by atoms with Gasteiger partial charge in [0.05, 0.1) is 0 Å². The lowest BCUT2D eigenvalue weighted by Gasteiger charge is -1.99. The van der Waals surface area contributed by atoms with Crippen LogP contribution in [0.1, 0.15) is 15.9 Å². The third kappa shape index (κ3) is 3.96. The van der Waals surface area contributed by atoms with E-state index < -0.39 is 0 Å². The van der Waals surface area contributed by atoms with Gasteiger partial charge < -0.3 is 0 Å². The van der Waals surface area contributed by atoms with Crippen molar-refractivity contribution in [3.05, 3.63) is 120 Å². The molecule has 0 aliphatic carbocycles. The van der Waals surface area contributed by atoms with E-state index in [1.54, 1.807) is 0 Å². The van der Waals surface area contributed by atoms with Gasteiger partial charge in [0.15, 0.2) is 5.78 Å². The summed E-state index contributed by atoms with van der Waals surface area (Å²) in [6.45, 7) is 0. The Hall–Kier alpha value is -3.19. The molecule has 1 heteroatoms. The molecule has 0 aliphatic rings. The largest absolute Gasteiger partial charge is 0.289 e. The summed E-state index contributed by atoms with van der Waals surface area (Å²) in [6.07, 6.45) is 0. The predicted molar refractivity (Wildman–Crippen MR) is 100 cm³/mol. The highest BCUT2D eigenvalue weighted by molar-refractivity contribution is 6.08. The first-order valence-corrected chi connectivity index (χ1v) is 7.93. The molecule has 116 valence electrons. The van der Waals surface area contributed by atoms with E-state index in [9.17, 15) is 4.79 Å². The highest BCUT2D eigenvalue weighted by Gasteiger charge is 2.06. The average molecular weight is 310 g/mol. The molecule has 0 heterocycles. The molecular weight excluding hydrogens is 292 g/mol. The maximum absolute atomic E-state index is 11.8. The molecule has 4 aromatic rings. The van der Waals surface area contributed by atoms with Gasteiger partial charge in [-0.1, -0.05) is 109 Å². The van der Waals surface area contributed by atoms with Crippen LogP contribution in [0.2, 0.25) is 0 Å². The predicted octanol–water partition coefficient (Wildman–Crippen LogP) is 5.76. The molecule has 0 aromatic heterocycles. The molecular formula is C23H18O. The zero-order chi connectivity index (χ0) is 16.6. The molecule has 0 bridgehead atoms. The van der Waals surface area contributed by atoms with Crippen molar-refractivity contribution in [2.24, 2.45) is 0 Å². The fraction of sp³-hybridized carbons (Fsp3) is 0.